The second-order valence-corrected chi connectivity index (χ2v) is 10.6. The van der Waals surface area contributed by atoms with Crippen molar-refractivity contribution in [3.8, 4) is 45.1 Å². The van der Waals surface area contributed by atoms with Crippen molar-refractivity contribution in [2.24, 2.45) is 0 Å². The second-order valence-electron chi connectivity index (χ2n) is 9.55. The van der Waals surface area contributed by atoms with Crippen molar-refractivity contribution in [1.29, 1.82) is 0 Å². The molecule has 0 amide bonds. The first kappa shape index (κ1) is 33.8. The van der Waals surface area contributed by atoms with Crippen LogP contribution in [0.2, 0.25) is 0 Å². The minimum Gasteiger partial charge on any atom is -0.440 e. The number of aromatic nitrogens is 3. The van der Waals surface area contributed by atoms with Crippen LogP contribution in [-0.2, 0) is 10.4 Å². The highest BCUT2D eigenvalue weighted by Crippen LogP contribution is 2.41. The SMILES string of the molecule is COSN(C)c1cccc(-c2ccc(-n3cc(C(F)(F)F)nc3C)c(-c3nc(C)oc3-c3cccc(OC(F)(F)F)c3)c2)c1.S. The molecule has 0 aliphatic carbocycles. The highest BCUT2D eigenvalue weighted by atomic mass is 32.2. The van der Waals surface area contributed by atoms with E-state index < -0.39 is 24.0 Å². The lowest BCUT2D eigenvalue weighted by Gasteiger charge is -2.17. The van der Waals surface area contributed by atoms with Crippen LogP contribution < -0.4 is 9.04 Å². The van der Waals surface area contributed by atoms with Crippen LogP contribution >= 0.6 is 25.7 Å². The van der Waals surface area contributed by atoms with Crippen LogP contribution in [0.1, 0.15) is 17.4 Å². The van der Waals surface area contributed by atoms with Gasteiger partial charge in [0.05, 0.1) is 12.8 Å². The molecule has 45 heavy (non-hydrogen) atoms. The lowest BCUT2D eigenvalue weighted by atomic mass is 9.97. The summed E-state index contributed by atoms with van der Waals surface area (Å²) in [6.07, 6.45) is -8.72. The summed E-state index contributed by atoms with van der Waals surface area (Å²) in [4.78, 5) is 8.23. The van der Waals surface area contributed by atoms with E-state index in [0.717, 1.165) is 41.8 Å². The zero-order chi connectivity index (χ0) is 31.8. The van der Waals surface area contributed by atoms with Gasteiger partial charge in [-0.2, -0.15) is 26.7 Å². The molecule has 5 rings (SSSR count). The van der Waals surface area contributed by atoms with Gasteiger partial charge < -0.3 is 17.9 Å². The predicted octanol–water partition coefficient (Wildman–Crippen LogP) is 9.15. The Bertz CT molecular complexity index is 1800. The number of imidazole rings is 1. The number of hydrogen-bond donors (Lipinski definition) is 0. The van der Waals surface area contributed by atoms with Crippen LogP contribution in [0.15, 0.2) is 77.3 Å². The maximum atomic E-state index is 13.6. The molecule has 0 bridgehead atoms. The zero-order valence-electron chi connectivity index (χ0n) is 24.1. The molecule has 238 valence electrons. The molecule has 0 aliphatic heterocycles. The molecule has 0 radical (unpaired) electrons. The van der Waals surface area contributed by atoms with Crippen LogP contribution in [0.25, 0.3) is 39.4 Å². The van der Waals surface area contributed by atoms with E-state index in [4.69, 9.17) is 8.60 Å². The first-order valence-corrected chi connectivity index (χ1v) is 13.6. The summed E-state index contributed by atoms with van der Waals surface area (Å²) in [5.41, 5.74) is 2.29. The smallest absolute Gasteiger partial charge is 0.440 e. The highest BCUT2D eigenvalue weighted by molar-refractivity contribution is 7.96. The Morgan fingerprint density at radius 1 is 0.867 bits per heavy atom. The van der Waals surface area contributed by atoms with E-state index in [-0.39, 0.29) is 42.2 Å². The van der Waals surface area contributed by atoms with E-state index in [2.05, 4.69) is 14.7 Å². The highest BCUT2D eigenvalue weighted by Gasteiger charge is 2.35. The number of halogens is 6. The van der Waals surface area contributed by atoms with E-state index in [9.17, 15) is 26.3 Å². The minimum atomic E-state index is -4.92. The van der Waals surface area contributed by atoms with E-state index in [1.807, 2.05) is 31.3 Å². The number of nitrogens with zero attached hydrogens (tertiary/aromatic N) is 4. The van der Waals surface area contributed by atoms with E-state index in [1.165, 1.54) is 23.6 Å². The van der Waals surface area contributed by atoms with Gasteiger partial charge >= 0.3 is 12.5 Å². The summed E-state index contributed by atoms with van der Waals surface area (Å²) >= 11 is 1.13. The molecular weight excluding hydrogens is 642 g/mol. The van der Waals surface area contributed by atoms with Crippen molar-refractivity contribution in [2.45, 2.75) is 26.4 Å². The summed E-state index contributed by atoms with van der Waals surface area (Å²) in [6.45, 7) is 3.00. The second kappa shape index (κ2) is 13.1. The Labute approximate surface area is 265 Å². The van der Waals surface area contributed by atoms with E-state index in [1.54, 1.807) is 36.5 Å². The van der Waals surface area contributed by atoms with Gasteiger partial charge in [0.1, 0.15) is 29.5 Å². The third-order valence-corrected chi connectivity index (χ3v) is 7.06. The molecule has 2 aromatic heterocycles. The fraction of sp³-hybridized carbons (Fsp3) is 0.200. The Morgan fingerprint density at radius 2 is 1.56 bits per heavy atom. The van der Waals surface area contributed by atoms with Crippen molar-refractivity contribution in [3.63, 3.8) is 0 Å². The molecule has 0 spiro atoms. The van der Waals surface area contributed by atoms with Gasteiger partial charge in [-0.3, -0.25) is 4.31 Å². The van der Waals surface area contributed by atoms with Gasteiger partial charge in [0.15, 0.2) is 17.3 Å². The lowest BCUT2D eigenvalue weighted by molar-refractivity contribution is -0.274. The summed E-state index contributed by atoms with van der Waals surface area (Å²) in [6, 6.07) is 17.8. The zero-order valence-corrected chi connectivity index (χ0v) is 25.9. The fourth-order valence-electron chi connectivity index (χ4n) is 4.64. The third-order valence-electron chi connectivity index (χ3n) is 6.48. The Kier molecular flexibility index (Phi) is 9.85. The number of benzene rings is 3. The first-order valence-electron chi connectivity index (χ1n) is 12.9. The molecule has 2 heterocycles. The van der Waals surface area contributed by atoms with Gasteiger partial charge in [0.25, 0.3) is 0 Å². The minimum absolute atomic E-state index is 0. The summed E-state index contributed by atoms with van der Waals surface area (Å²) < 4.78 is 97.9. The molecule has 0 N–H and O–H groups in total. The molecule has 0 aliphatic rings. The molecule has 0 unspecified atom stereocenters. The first-order chi connectivity index (χ1) is 20.7. The standard InChI is InChI=1S/C30H24F6N4O3S.H2S/c1-17-37-26(29(31,32)33)16-40(17)25-12-11-20(19-7-5-9-22(13-19)39(3)44-41-4)15-24(25)27-28(42-18(2)38-27)21-8-6-10-23(14-21)43-30(34,35)36;/h5-16H,1-4H3;1H2. The molecule has 0 atom stereocenters. The van der Waals surface area contributed by atoms with Crippen molar-refractivity contribution in [2.75, 3.05) is 18.5 Å². The van der Waals surface area contributed by atoms with Gasteiger partial charge in [-0.05, 0) is 54.4 Å². The monoisotopic (exact) mass is 668 g/mol. The summed E-state index contributed by atoms with van der Waals surface area (Å²) in [5, 5.41) is 0. The number of oxazole rings is 1. The largest absolute Gasteiger partial charge is 0.573 e. The van der Waals surface area contributed by atoms with Crippen LogP contribution in [0.4, 0.5) is 32.0 Å². The number of hydrogen-bond acceptors (Lipinski definition) is 7. The molecule has 7 nitrogen and oxygen atoms in total. The number of alkyl halides is 6. The number of rotatable bonds is 8. The van der Waals surface area contributed by atoms with Crippen LogP contribution in [0.3, 0.4) is 0 Å². The molecule has 0 saturated carbocycles. The summed E-state index contributed by atoms with van der Waals surface area (Å²) in [5.74, 6) is -0.118. The van der Waals surface area contributed by atoms with E-state index in [0.29, 0.717) is 16.8 Å². The topological polar surface area (TPSA) is 65.5 Å². The number of anilines is 1. The average Bonchev–Trinajstić information content (AvgIpc) is 3.55. The van der Waals surface area contributed by atoms with Crippen LogP contribution in [-0.4, -0.2) is 35.1 Å². The Balaban J connectivity index is 0.00000461. The molecule has 5 aromatic rings. The van der Waals surface area contributed by atoms with Gasteiger partial charge in [0.2, 0.25) is 0 Å². The summed E-state index contributed by atoms with van der Waals surface area (Å²) in [7, 11) is 3.36. The van der Waals surface area contributed by atoms with Crippen molar-refractivity contribution < 1.29 is 39.7 Å². The fourth-order valence-corrected chi connectivity index (χ4v) is 5.07. The molecular formula is C30H26F6N4O3S2. The van der Waals surface area contributed by atoms with Crippen LogP contribution in [0.5, 0.6) is 5.75 Å². The molecule has 3 aromatic carbocycles. The average molecular weight is 669 g/mol. The molecule has 0 saturated heterocycles. The van der Waals surface area contributed by atoms with E-state index >= 15 is 0 Å². The Morgan fingerprint density at radius 3 is 2.22 bits per heavy atom. The quantitative estimate of drug-likeness (QED) is 0.0928. The number of ether oxygens (including phenoxy) is 1. The predicted molar refractivity (Wildman–Crippen MR) is 164 cm³/mol. The maximum Gasteiger partial charge on any atom is 0.573 e. The van der Waals surface area contributed by atoms with Crippen molar-refractivity contribution in [1.82, 2.24) is 14.5 Å². The van der Waals surface area contributed by atoms with Crippen LogP contribution in [0, 0.1) is 13.8 Å². The van der Waals surface area contributed by atoms with Gasteiger partial charge in [-0.15, -0.1) is 13.2 Å². The maximum absolute atomic E-state index is 13.6. The lowest BCUT2D eigenvalue weighted by Crippen LogP contribution is -2.17. The Hall–Kier alpha value is -4.08. The van der Waals surface area contributed by atoms with Crippen molar-refractivity contribution in [3.05, 3.63) is 90.3 Å². The molecule has 15 heteroatoms. The third kappa shape index (κ3) is 7.60. The van der Waals surface area contributed by atoms with Gasteiger partial charge in [0, 0.05) is 37.0 Å². The number of aryl methyl sites for hydroxylation is 2. The normalized spacial score (nSPS) is 11.8. The van der Waals surface area contributed by atoms with Gasteiger partial charge in [-0.25, -0.2) is 9.97 Å². The van der Waals surface area contributed by atoms with Crippen molar-refractivity contribution >= 4 is 31.4 Å². The molecule has 0 fully saturated rings. The van der Waals surface area contributed by atoms with Gasteiger partial charge in [-0.1, -0.05) is 30.3 Å².